The number of benzene rings is 1. The highest BCUT2D eigenvalue weighted by Gasteiger charge is 2.15. The van der Waals surface area contributed by atoms with Crippen LogP contribution in [-0.4, -0.2) is 0 Å². The molecule has 0 aliphatic heterocycles. The Morgan fingerprint density at radius 3 is 2.56 bits per heavy atom. The summed E-state index contributed by atoms with van der Waals surface area (Å²) in [6, 6.07) is 8.89. The molecular formula is C13H12BrFS. The van der Waals surface area contributed by atoms with E-state index in [1.807, 2.05) is 6.07 Å². The minimum atomic E-state index is -0.187. The zero-order chi connectivity index (χ0) is 11.7. The molecule has 0 bridgehead atoms. The van der Waals surface area contributed by atoms with E-state index in [1.165, 1.54) is 21.4 Å². The molecule has 0 aliphatic carbocycles. The average molecular weight is 299 g/mol. The third-order valence-corrected chi connectivity index (χ3v) is 4.96. The molecule has 1 heterocycles. The molecule has 1 aromatic heterocycles. The van der Waals surface area contributed by atoms with Crippen LogP contribution in [-0.2, 0) is 0 Å². The first-order valence-corrected chi connectivity index (χ1v) is 6.77. The maximum atomic E-state index is 13.1. The van der Waals surface area contributed by atoms with Crippen molar-refractivity contribution in [3.63, 3.8) is 0 Å². The van der Waals surface area contributed by atoms with Crippen LogP contribution in [0.1, 0.15) is 25.7 Å². The maximum absolute atomic E-state index is 13.1. The molecule has 0 radical (unpaired) electrons. The molecule has 0 amide bonds. The summed E-state index contributed by atoms with van der Waals surface area (Å²) in [7, 11) is 0. The average Bonchev–Trinajstić information content (AvgIpc) is 2.57. The molecule has 2 rings (SSSR count). The van der Waals surface area contributed by atoms with Crippen LogP contribution in [0.4, 0.5) is 4.39 Å². The minimum Gasteiger partial charge on any atom is -0.207 e. The van der Waals surface area contributed by atoms with Gasteiger partial charge in [0.15, 0.2) is 0 Å². The first-order valence-electron chi connectivity index (χ1n) is 5.04. The molecule has 16 heavy (non-hydrogen) atoms. The van der Waals surface area contributed by atoms with E-state index in [1.54, 1.807) is 23.5 Å². The number of hydrogen-bond acceptors (Lipinski definition) is 1. The number of alkyl halides is 1. The van der Waals surface area contributed by atoms with E-state index in [2.05, 4.69) is 35.8 Å². The summed E-state index contributed by atoms with van der Waals surface area (Å²) in [5.41, 5.74) is 2.22. The van der Waals surface area contributed by atoms with E-state index in [-0.39, 0.29) is 10.6 Å². The maximum Gasteiger partial charge on any atom is 0.123 e. The van der Waals surface area contributed by atoms with Crippen LogP contribution in [0.15, 0.2) is 30.3 Å². The van der Waals surface area contributed by atoms with Gasteiger partial charge in [0.05, 0.1) is 4.83 Å². The fourth-order valence-corrected chi connectivity index (χ4v) is 3.69. The molecule has 1 aromatic carbocycles. The number of rotatable bonds is 2. The molecule has 1 unspecified atom stereocenters. The molecule has 0 nitrogen and oxygen atoms in total. The second kappa shape index (κ2) is 4.68. The van der Waals surface area contributed by atoms with Crippen LogP contribution >= 0.6 is 27.3 Å². The molecular weight excluding hydrogens is 287 g/mol. The molecule has 0 spiro atoms. The highest BCUT2D eigenvalue weighted by Crippen LogP contribution is 2.37. The van der Waals surface area contributed by atoms with Gasteiger partial charge in [0, 0.05) is 9.75 Å². The van der Waals surface area contributed by atoms with Crippen molar-refractivity contribution in [3.05, 3.63) is 57.0 Å². The van der Waals surface area contributed by atoms with Crippen molar-refractivity contribution >= 4 is 27.3 Å². The van der Waals surface area contributed by atoms with Crippen LogP contribution in [0.2, 0.25) is 0 Å². The van der Waals surface area contributed by atoms with Gasteiger partial charge >= 0.3 is 0 Å². The van der Waals surface area contributed by atoms with Crippen LogP contribution in [0.5, 0.6) is 0 Å². The van der Waals surface area contributed by atoms with Gasteiger partial charge in [0.25, 0.3) is 0 Å². The van der Waals surface area contributed by atoms with E-state index in [4.69, 9.17) is 0 Å². The van der Waals surface area contributed by atoms with Gasteiger partial charge in [-0.15, -0.1) is 11.3 Å². The summed E-state index contributed by atoms with van der Waals surface area (Å²) in [6.07, 6.45) is 0. The number of aryl methyl sites for hydroxylation is 2. The normalized spacial score (nSPS) is 12.8. The molecule has 84 valence electrons. The fraction of sp³-hybridized carbons (Fsp3) is 0.231. The van der Waals surface area contributed by atoms with Gasteiger partial charge in [-0.3, -0.25) is 0 Å². The Morgan fingerprint density at radius 1 is 1.25 bits per heavy atom. The van der Waals surface area contributed by atoms with Crippen LogP contribution in [0.3, 0.4) is 0 Å². The molecule has 2 aromatic rings. The molecule has 0 saturated carbocycles. The Labute approximate surface area is 107 Å². The third kappa shape index (κ3) is 2.36. The van der Waals surface area contributed by atoms with E-state index in [0.717, 1.165) is 5.56 Å². The van der Waals surface area contributed by atoms with Crippen LogP contribution < -0.4 is 0 Å². The number of hydrogen-bond donors (Lipinski definition) is 0. The third-order valence-electron chi connectivity index (χ3n) is 2.45. The number of thiophene rings is 1. The lowest BCUT2D eigenvalue weighted by Crippen LogP contribution is -1.92. The second-order valence-electron chi connectivity index (χ2n) is 3.82. The molecule has 0 N–H and O–H groups in total. The SMILES string of the molecule is Cc1cc(C)c(C(Br)c2cccc(F)c2)s1. The Morgan fingerprint density at radius 2 is 2.00 bits per heavy atom. The van der Waals surface area contributed by atoms with E-state index < -0.39 is 0 Å². The minimum absolute atomic E-state index is 0.0851. The highest BCUT2D eigenvalue weighted by molar-refractivity contribution is 9.09. The first-order chi connectivity index (χ1) is 7.58. The molecule has 1 atom stereocenters. The zero-order valence-corrected chi connectivity index (χ0v) is 11.5. The Bertz CT molecular complexity index is 504. The van der Waals surface area contributed by atoms with E-state index in [9.17, 15) is 4.39 Å². The smallest absolute Gasteiger partial charge is 0.123 e. The summed E-state index contributed by atoms with van der Waals surface area (Å²) in [6.45, 7) is 4.18. The van der Waals surface area contributed by atoms with Gasteiger partial charge in [-0.2, -0.15) is 0 Å². The Balaban J connectivity index is 2.38. The van der Waals surface area contributed by atoms with E-state index in [0.29, 0.717) is 0 Å². The molecule has 3 heteroatoms. The second-order valence-corrected chi connectivity index (χ2v) is 6.03. The molecule has 0 saturated heterocycles. The lowest BCUT2D eigenvalue weighted by Gasteiger charge is -2.09. The van der Waals surface area contributed by atoms with E-state index >= 15 is 0 Å². The fourth-order valence-electron chi connectivity index (χ4n) is 1.73. The van der Waals surface area contributed by atoms with Crippen molar-refractivity contribution < 1.29 is 4.39 Å². The van der Waals surface area contributed by atoms with Crippen LogP contribution in [0, 0.1) is 19.7 Å². The predicted octanol–water partition coefficient (Wildman–Crippen LogP) is 4.99. The van der Waals surface area contributed by atoms with Crippen molar-refractivity contribution in [1.82, 2.24) is 0 Å². The lowest BCUT2D eigenvalue weighted by atomic mass is 10.1. The van der Waals surface area contributed by atoms with Crippen molar-refractivity contribution in [2.45, 2.75) is 18.7 Å². The summed E-state index contributed by atoms with van der Waals surface area (Å²) >= 11 is 5.39. The van der Waals surface area contributed by atoms with Gasteiger partial charge in [0.2, 0.25) is 0 Å². The molecule has 0 fully saturated rings. The first kappa shape index (κ1) is 11.8. The quantitative estimate of drug-likeness (QED) is 0.685. The van der Waals surface area contributed by atoms with Gasteiger partial charge in [-0.1, -0.05) is 28.1 Å². The highest BCUT2D eigenvalue weighted by atomic mass is 79.9. The van der Waals surface area contributed by atoms with Crippen molar-refractivity contribution in [1.29, 1.82) is 0 Å². The summed E-state index contributed by atoms with van der Waals surface area (Å²) in [4.78, 5) is 2.62. The van der Waals surface area contributed by atoms with Crippen molar-refractivity contribution in [2.75, 3.05) is 0 Å². The summed E-state index contributed by atoms with van der Waals surface area (Å²) in [5.74, 6) is -0.187. The van der Waals surface area contributed by atoms with Gasteiger partial charge in [0.1, 0.15) is 5.82 Å². The summed E-state index contributed by atoms with van der Waals surface area (Å²) in [5, 5.41) is 0. The zero-order valence-electron chi connectivity index (χ0n) is 9.13. The lowest BCUT2D eigenvalue weighted by molar-refractivity contribution is 0.626. The van der Waals surface area contributed by atoms with Gasteiger partial charge in [-0.05, 0) is 43.2 Å². The monoisotopic (exact) mass is 298 g/mol. The van der Waals surface area contributed by atoms with Gasteiger partial charge < -0.3 is 0 Å². The van der Waals surface area contributed by atoms with Crippen molar-refractivity contribution in [3.8, 4) is 0 Å². The topological polar surface area (TPSA) is 0 Å². The van der Waals surface area contributed by atoms with Crippen molar-refractivity contribution in [2.24, 2.45) is 0 Å². The Hall–Kier alpha value is -0.670. The van der Waals surface area contributed by atoms with Gasteiger partial charge in [-0.25, -0.2) is 4.39 Å². The van der Waals surface area contributed by atoms with Crippen LogP contribution in [0.25, 0.3) is 0 Å². The standard InChI is InChI=1S/C13H12BrFS/c1-8-6-9(2)16-13(8)12(14)10-4-3-5-11(15)7-10/h3-7,12H,1-2H3. The largest absolute Gasteiger partial charge is 0.207 e. The predicted molar refractivity (Wildman–Crippen MR) is 71.0 cm³/mol. The summed E-state index contributed by atoms with van der Waals surface area (Å²) < 4.78 is 13.1. The Kier molecular flexibility index (Phi) is 3.45. The number of halogens is 2. The molecule has 0 aliphatic rings.